The number of benzene rings is 2. The first-order valence-corrected chi connectivity index (χ1v) is 12.9. The number of hydrogen-bond donors (Lipinski definition) is 2. The molecule has 0 bridgehead atoms. The average Bonchev–Trinajstić information content (AvgIpc) is 2.88. The van der Waals surface area contributed by atoms with Gasteiger partial charge in [-0.1, -0.05) is 25.1 Å². The summed E-state index contributed by atoms with van der Waals surface area (Å²) in [4.78, 5) is 29.5. The molecule has 1 heterocycles. The van der Waals surface area contributed by atoms with Crippen LogP contribution in [-0.2, 0) is 27.2 Å². The monoisotopic (exact) mass is 478 g/mol. The molecule has 0 saturated carbocycles. The summed E-state index contributed by atoms with van der Waals surface area (Å²) in [5.41, 5.74) is 5.89. The van der Waals surface area contributed by atoms with E-state index in [-0.39, 0.29) is 30.9 Å². The van der Waals surface area contributed by atoms with Crippen LogP contribution < -0.4 is 15.5 Å². The second-order valence-corrected chi connectivity index (χ2v) is 9.52. The lowest BCUT2D eigenvalue weighted by atomic mass is 9.89. The maximum atomic E-state index is 12.7. The maximum Gasteiger partial charge on any atom is 0.238 e. The average molecular weight is 479 g/mol. The maximum absolute atomic E-state index is 12.7. The highest BCUT2D eigenvalue weighted by Crippen LogP contribution is 2.25. The van der Waals surface area contributed by atoms with Gasteiger partial charge in [-0.3, -0.25) is 14.5 Å². The number of aryl methyl sites for hydroxylation is 2. The number of amides is 2. The van der Waals surface area contributed by atoms with Crippen LogP contribution in [0.2, 0.25) is 0 Å². The van der Waals surface area contributed by atoms with Gasteiger partial charge in [-0.25, -0.2) is 0 Å². The Bertz CT molecular complexity index is 1000. The lowest BCUT2D eigenvalue weighted by Crippen LogP contribution is -2.41. The highest BCUT2D eigenvalue weighted by Gasteiger charge is 2.18. The smallest absolute Gasteiger partial charge is 0.238 e. The summed E-state index contributed by atoms with van der Waals surface area (Å²) >= 11 is 0. The topological polar surface area (TPSA) is 73.9 Å². The van der Waals surface area contributed by atoms with Gasteiger partial charge in [-0.15, -0.1) is 0 Å². The van der Waals surface area contributed by atoms with Crippen molar-refractivity contribution in [1.82, 2.24) is 10.2 Å². The van der Waals surface area contributed by atoms with Crippen LogP contribution in [0, 0.1) is 0 Å². The minimum absolute atomic E-state index is 0.0627. The van der Waals surface area contributed by atoms with E-state index in [9.17, 15) is 9.59 Å². The van der Waals surface area contributed by atoms with Gasteiger partial charge >= 0.3 is 0 Å². The fraction of sp³-hybridized carbons (Fsp3) is 0.500. The molecule has 0 spiro atoms. The van der Waals surface area contributed by atoms with Crippen molar-refractivity contribution in [2.75, 3.05) is 56.2 Å². The fourth-order valence-corrected chi connectivity index (χ4v) is 4.86. The van der Waals surface area contributed by atoms with Gasteiger partial charge in [0.15, 0.2) is 0 Å². The molecule has 1 unspecified atom stereocenters. The molecule has 0 aromatic heterocycles. The number of rotatable bonds is 9. The molecule has 0 radical (unpaired) electrons. The lowest BCUT2D eigenvalue weighted by Gasteiger charge is -2.29. The Morgan fingerprint density at radius 1 is 0.971 bits per heavy atom. The molecule has 2 aliphatic rings. The molecule has 188 valence electrons. The van der Waals surface area contributed by atoms with Gasteiger partial charge in [-0.05, 0) is 80.1 Å². The van der Waals surface area contributed by atoms with E-state index in [1.807, 2.05) is 43.0 Å². The Kier molecular flexibility index (Phi) is 8.77. The third-order valence-corrected chi connectivity index (χ3v) is 6.96. The quantitative estimate of drug-likeness (QED) is 0.577. The van der Waals surface area contributed by atoms with Gasteiger partial charge < -0.3 is 20.3 Å². The predicted octanol–water partition coefficient (Wildman–Crippen LogP) is 3.54. The van der Waals surface area contributed by atoms with E-state index in [0.717, 1.165) is 56.1 Å². The Morgan fingerprint density at radius 3 is 2.37 bits per heavy atom. The number of carbonyl (C=O) groups is 2. The second kappa shape index (κ2) is 12.2. The zero-order valence-electron chi connectivity index (χ0n) is 21.0. The molecule has 1 atom stereocenters. The number of fused-ring (bicyclic) bond motifs is 1. The number of nitrogens with zero attached hydrogens (tertiary/aromatic N) is 2. The van der Waals surface area contributed by atoms with Crippen LogP contribution in [0.1, 0.15) is 49.4 Å². The largest absolute Gasteiger partial charge is 0.378 e. The summed E-state index contributed by atoms with van der Waals surface area (Å²) in [6.45, 7) is 8.20. The Labute approximate surface area is 208 Å². The molecule has 1 fully saturated rings. The van der Waals surface area contributed by atoms with E-state index >= 15 is 0 Å². The molecular weight excluding hydrogens is 440 g/mol. The van der Waals surface area contributed by atoms with Crippen molar-refractivity contribution < 1.29 is 14.3 Å². The molecule has 7 heteroatoms. The molecule has 2 amide bonds. The highest BCUT2D eigenvalue weighted by atomic mass is 16.5. The molecule has 7 nitrogen and oxygen atoms in total. The summed E-state index contributed by atoms with van der Waals surface area (Å²) in [5, 5.41) is 6.05. The summed E-state index contributed by atoms with van der Waals surface area (Å²) in [6.07, 6.45) is 4.78. The minimum atomic E-state index is -0.124. The third kappa shape index (κ3) is 7.05. The van der Waals surface area contributed by atoms with Crippen molar-refractivity contribution in [2.24, 2.45) is 0 Å². The predicted molar refractivity (Wildman–Crippen MR) is 140 cm³/mol. The van der Waals surface area contributed by atoms with E-state index in [4.69, 9.17) is 4.74 Å². The zero-order chi connectivity index (χ0) is 24.6. The number of ether oxygens (including phenoxy) is 1. The van der Waals surface area contributed by atoms with Crippen molar-refractivity contribution in [1.29, 1.82) is 0 Å². The summed E-state index contributed by atoms with van der Waals surface area (Å²) in [7, 11) is 0. The summed E-state index contributed by atoms with van der Waals surface area (Å²) in [6, 6.07) is 14.4. The molecule has 1 aliphatic heterocycles. The molecule has 1 saturated heterocycles. The van der Waals surface area contributed by atoms with E-state index < -0.39 is 0 Å². The van der Waals surface area contributed by atoms with Crippen LogP contribution in [0.3, 0.4) is 0 Å². The van der Waals surface area contributed by atoms with E-state index in [1.165, 1.54) is 24.0 Å². The van der Waals surface area contributed by atoms with Crippen LogP contribution in [0.25, 0.3) is 0 Å². The standard InChI is InChI=1S/C28H38N4O3/c1-3-31(19-27(33)29-21(2)23-9-8-22-6-4-5-7-24(22)18-23)20-28(34)30-25-10-12-26(13-11-25)32-14-16-35-17-15-32/h8-13,18,21H,3-7,14-17,19-20H2,1-2H3,(H,29,33)(H,30,34). The number of hydrogen-bond acceptors (Lipinski definition) is 5. The van der Waals surface area contributed by atoms with Crippen molar-refractivity contribution in [3.63, 3.8) is 0 Å². The Hall–Kier alpha value is -2.90. The first kappa shape index (κ1) is 25.2. The first-order valence-electron chi connectivity index (χ1n) is 12.9. The Balaban J connectivity index is 1.24. The van der Waals surface area contributed by atoms with Crippen LogP contribution in [0.5, 0.6) is 0 Å². The van der Waals surface area contributed by atoms with E-state index in [2.05, 4.69) is 33.7 Å². The van der Waals surface area contributed by atoms with Crippen LogP contribution in [0.4, 0.5) is 11.4 Å². The van der Waals surface area contributed by atoms with Crippen LogP contribution in [-0.4, -0.2) is 62.7 Å². The zero-order valence-corrected chi connectivity index (χ0v) is 21.0. The molecule has 2 aromatic rings. The number of carbonyl (C=O) groups excluding carboxylic acids is 2. The fourth-order valence-electron chi connectivity index (χ4n) is 4.86. The van der Waals surface area contributed by atoms with Crippen molar-refractivity contribution in [2.45, 2.75) is 45.6 Å². The molecule has 35 heavy (non-hydrogen) atoms. The van der Waals surface area contributed by atoms with Gasteiger partial charge in [0.25, 0.3) is 0 Å². The Morgan fingerprint density at radius 2 is 1.66 bits per heavy atom. The van der Waals surface area contributed by atoms with Crippen LogP contribution >= 0.6 is 0 Å². The highest BCUT2D eigenvalue weighted by molar-refractivity contribution is 5.92. The number of anilines is 2. The molecule has 2 N–H and O–H groups in total. The third-order valence-electron chi connectivity index (χ3n) is 6.96. The van der Waals surface area contributed by atoms with Gasteiger partial charge in [0.2, 0.25) is 11.8 Å². The summed E-state index contributed by atoms with van der Waals surface area (Å²) in [5.74, 6) is -0.193. The molecular formula is C28H38N4O3. The van der Waals surface area contributed by atoms with E-state index in [1.54, 1.807) is 0 Å². The van der Waals surface area contributed by atoms with Gasteiger partial charge in [0.1, 0.15) is 0 Å². The van der Waals surface area contributed by atoms with Gasteiger partial charge in [0.05, 0.1) is 32.3 Å². The second-order valence-electron chi connectivity index (χ2n) is 9.52. The normalized spacial score (nSPS) is 16.5. The van der Waals surface area contributed by atoms with Gasteiger partial charge in [-0.2, -0.15) is 0 Å². The molecule has 2 aromatic carbocycles. The number of nitrogens with one attached hydrogen (secondary N) is 2. The van der Waals surface area contributed by atoms with Crippen LogP contribution in [0.15, 0.2) is 42.5 Å². The summed E-state index contributed by atoms with van der Waals surface area (Å²) < 4.78 is 5.40. The SMILES string of the molecule is CCN(CC(=O)Nc1ccc(N2CCOCC2)cc1)CC(=O)NC(C)c1ccc2c(c1)CCCC2. The number of morpholine rings is 1. The lowest BCUT2D eigenvalue weighted by molar-refractivity contribution is -0.123. The molecule has 1 aliphatic carbocycles. The first-order chi connectivity index (χ1) is 17.0. The number of likely N-dealkylation sites (N-methyl/N-ethyl adjacent to an activating group) is 1. The van der Waals surface area contributed by atoms with Gasteiger partial charge in [0, 0.05) is 24.5 Å². The molecule has 4 rings (SSSR count). The van der Waals surface area contributed by atoms with Crippen molar-refractivity contribution in [3.05, 3.63) is 59.2 Å². The van der Waals surface area contributed by atoms with Crippen molar-refractivity contribution >= 4 is 23.2 Å². The van der Waals surface area contributed by atoms with Crippen molar-refractivity contribution in [3.8, 4) is 0 Å². The van der Waals surface area contributed by atoms with E-state index in [0.29, 0.717) is 6.54 Å². The minimum Gasteiger partial charge on any atom is -0.378 e.